The van der Waals surface area contributed by atoms with E-state index in [0.29, 0.717) is 10.0 Å². The van der Waals surface area contributed by atoms with E-state index in [0.717, 1.165) is 11.1 Å². The van der Waals surface area contributed by atoms with Gasteiger partial charge < -0.3 is 5.11 Å². The molecule has 0 aliphatic rings. The third-order valence-corrected chi connectivity index (χ3v) is 2.52. The fraction of sp³-hybridized carbons (Fsp3) is 0.273. The van der Waals surface area contributed by atoms with Gasteiger partial charge in [0, 0.05) is 0 Å². The summed E-state index contributed by atoms with van der Waals surface area (Å²) >= 11 is 11.6. The van der Waals surface area contributed by atoms with Crippen LogP contribution in [0.5, 0.6) is 0 Å². The van der Waals surface area contributed by atoms with Gasteiger partial charge in [-0.15, -0.1) is 0 Å². The zero-order valence-electron chi connectivity index (χ0n) is 8.09. The van der Waals surface area contributed by atoms with Crippen LogP contribution in [0.25, 0.3) is 0 Å². The fourth-order valence-electron chi connectivity index (χ4n) is 1.11. The quantitative estimate of drug-likeness (QED) is 0.763. The summed E-state index contributed by atoms with van der Waals surface area (Å²) in [6.45, 7) is 3.86. The fourth-order valence-corrected chi connectivity index (χ4v) is 1.41. The highest BCUT2D eigenvalue weighted by atomic mass is 35.5. The lowest BCUT2D eigenvalue weighted by molar-refractivity contribution is 0.227. The zero-order valence-corrected chi connectivity index (χ0v) is 9.60. The molecule has 1 N–H and O–H groups in total. The normalized spacial score (nSPS) is 12.4. The molecular formula is C11H12Cl2O. The van der Waals surface area contributed by atoms with Gasteiger partial charge in [0.05, 0.1) is 16.1 Å². The van der Waals surface area contributed by atoms with Crippen molar-refractivity contribution in [1.82, 2.24) is 0 Å². The summed E-state index contributed by atoms with van der Waals surface area (Å²) in [6.07, 6.45) is 1.15. The number of allylic oxidation sites excluding steroid dienone is 1. The Morgan fingerprint density at radius 2 is 1.93 bits per heavy atom. The molecule has 1 unspecified atom stereocenters. The van der Waals surface area contributed by atoms with Gasteiger partial charge in [-0.2, -0.15) is 0 Å². The van der Waals surface area contributed by atoms with E-state index in [1.807, 2.05) is 13.8 Å². The predicted molar refractivity (Wildman–Crippen MR) is 60.9 cm³/mol. The summed E-state index contributed by atoms with van der Waals surface area (Å²) < 4.78 is 0. The second-order valence-corrected chi connectivity index (χ2v) is 4.18. The third kappa shape index (κ3) is 3.02. The highest BCUT2D eigenvalue weighted by molar-refractivity contribution is 6.42. The van der Waals surface area contributed by atoms with Gasteiger partial charge in [0.15, 0.2) is 0 Å². The van der Waals surface area contributed by atoms with Gasteiger partial charge in [-0.1, -0.05) is 40.9 Å². The van der Waals surface area contributed by atoms with Crippen LogP contribution in [0.15, 0.2) is 29.8 Å². The molecule has 0 fully saturated rings. The maximum absolute atomic E-state index is 9.73. The van der Waals surface area contributed by atoms with Crippen LogP contribution < -0.4 is 0 Å². The number of hydrogen-bond acceptors (Lipinski definition) is 1. The molecule has 14 heavy (non-hydrogen) atoms. The maximum Gasteiger partial charge on any atom is 0.0974 e. The molecular weight excluding hydrogens is 219 g/mol. The Balaban J connectivity index is 2.97. The van der Waals surface area contributed by atoms with E-state index in [1.165, 1.54) is 0 Å². The number of hydrogen-bond donors (Lipinski definition) is 1. The van der Waals surface area contributed by atoms with E-state index in [4.69, 9.17) is 23.2 Å². The van der Waals surface area contributed by atoms with Crippen LogP contribution in [0, 0.1) is 0 Å². The number of rotatable bonds is 2. The Kier molecular flexibility index (Phi) is 3.99. The minimum absolute atomic E-state index is 0.463. The number of benzene rings is 1. The van der Waals surface area contributed by atoms with Crippen molar-refractivity contribution >= 4 is 23.2 Å². The summed E-state index contributed by atoms with van der Waals surface area (Å²) in [6, 6.07) is 5.12. The van der Waals surface area contributed by atoms with Crippen LogP contribution in [0.3, 0.4) is 0 Å². The van der Waals surface area contributed by atoms with E-state index in [1.54, 1.807) is 24.3 Å². The molecule has 0 spiro atoms. The molecule has 76 valence electrons. The van der Waals surface area contributed by atoms with Crippen molar-refractivity contribution < 1.29 is 5.11 Å². The molecule has 1 rings (SSSR count). The molecule has 0 aliphatic carbocycles. The van der Waals surface area contributed by atoms with Crippen molar-refractivity contribution in [2.24, 2.45) is 0 Å². The lowest BCUT2D eigenvalue weighted by Gasteiger charge is -2.07. The van der Waals surface area contributed by atoms with Gasteiger partial charge in [-0.3, -0.25) is 0 Å². The minimum Gasteiger partial charge on any atom is -0.384 e. The molecule has 0 bridgehead atoms. The molecule has 1 aromatic carbocycles. The van der Waals surface area contributed by atoms with Crippen LogP contribution in [-0.4, -0.2) is 5.11 Å². The molecule has 1 aromatic rings. The Morgan fingerprint density at radius 3 is 2.43 bits per heavy atom. The molecule has 0 aromatic heterocycles. The van der Waals surface area contributed by atoms with Gasteiger partial charge in [-0.05, 0) is 31.5 Å². The van der Waals surface area contributed by atoms with Crippen molar-refractivity contribution in [2.75, 3.05) is 0 Å². The molecule has 1 nitrogen and oxygen atoms in total. The largest absolute Gasteiger partial charge is 0.384 e. The summed E-state index contributed by atoms with van der Waals surface area (Å²) in [5.74, 6) is 0. The van der Waals surface area contributed by atoms with Crippen LogP contribution in [0.4, 0.5) is 0 Å². The Bertz CT molecular complexity index is 354. The minimum atomic E-state index is -0.616. The average molecular weight is 231 g/mol. The van der Waals surface area contributed by atoms with Gasteiger partial charge in [0.2, 0.25) is 0 Å². The number of aliphatic hydroxyl groups excluding tert-OH is 1. The molecule has 0 radical (unpaired) electrons. The zero-order chi connectivity index (χ0) is 10.7. The van der Waals surface area contributed by atoms with Gasteiger partial charge >= 0.3 is 0 Å². The molecule has 0 saturated carbocycles. The van der Waals surface area contributed by atoms with E-state index in [9.17, 15) is 5.11 Å². The Hall–Kier alpha value is -0.500. The third-order valence-electron chi connectivity index (χ3n) is 1.78. The van der Waals surface area contributed by atoms with E-state index in [2.05, 4.69) is 0 Å². The summed E-state index contributed by atoms with van der Waals surface area (Å²) in [5, 5.41) is 10.7. The SMILES string of the molecule is CC(C)=CC(O)c1ccc(Cl)c(Cl)c1. The monoisotopic (exact) mass is 230 g/mol. The Labute approximate surface area is 94.0 Å². The summed E-state index contributed by atoms with van der Waals surface area (Å²) in [4.78, 5) is 0. The standard InChI is InChI=1S/C11H12Cl2O/c1-7(2)5-11(14)8-3-4-9(12)10(13)6-8/h3-6,11,14H,1-2H3. The van der Waals surface area contributed by atoms with Crippen molar-refractivity contribution in [3.63, 3.8) is 0 Å². The highest BCUT2D eigenvalue weighted by Gasteiger charge is 2.06. The van der Waals surface area contributed by atoms with E-state index >= 15 is 0 Å². The van der Waals surface area contributed by atoms with E-state index < -0.39 is 6.10 Å². The lowest BCUT2D eigenvalue weighted by Crippen LogP contribution is -1.93. The van der Waals surface area contributed by atoms with Crippen molar-refractivity contribution in [1.29, 1.82) is 0 Å². The molecule has 0 saturated heterocycles. The first-order valence-electron chi connectivity index (χ1n) is 4.28. The predicted octanol–water partition coefficient (Wildman–Crippen LogP) is 3.99. The van der Waals surface area contributed by atoms with Crippen LogP contribution in [0.1, 0.15) is 25.5 Å². The molecule has 0 heterocycles. The molecule has 0 amide bonds. The Morgan fingerprint density at radius 1 is 1.29 bits per heavy atom. The van der Waals surface area contributed by atoms with Crippen LogP contribution in [0.2, 0.25) is 10.0 Å². The number of halogens is 2. The first kappa shape index (κ1) is 11.6. The first-order chi connectivity index (χ1) is 6.50. The second-order valence-electron chi connectivity index (χ2n) is 3.36. The molecule has 1 atom stereocenters. The average Bonchev–Trinajstić information content (AvgIpc) is 2.08. The lowest BCUT2D eigenvalue weighted by atomic mass is 10.1. The smallest absolute Gasteiger partial charge is 0.0974 e. The first-order valence-corrected chi connectivity index (χ1v) is 5.04. The van der Waals surface area contributed by atoms with Crippen molar-refractivity contribution in [3.05, 3.63) is 45.5 Å². The topological polar surface area (TPSA) is 20.2 Å². The summed E-state index contributed by atoms with van der Waals surface area (Å²) in [5.41, 5.74) is 1.81. The molecule has 3 heteroatoms. The second kappa shape index (κ2) is 4.83. The van der Waals surface area contributed by atoms with Crippen LogP contribution >= 0.6 is 23.2 Å². The highest BCUT2D eigenvalue weighted by Crippen LogP contribution is 2.26. The molecule has 0 aliphatic heterocycles. The van der Waals surface area contributed by atoms with Crippen molar-refractivity contribution in [2.45, 2.75) is 20.0 Å². The van der Waals surface area contributed by atoms with Gasteiger partial charge in [0.1, 0.15) is 0 Å². The van der Waals surface area contributed by atoms with Crippen LogP contribution in [-0.2, 0) is 0 Å². The van der Waals surface area contributed by atoms with Crippen molar-refractivity contribution in [3.8, 4) is 0 Å². The maximum atomic E-state index is 9.73. The summed E-state index contributed by atoms with van der Waals surface area (Å²) in [7, 11) is 0. The van der Waals surface area contributed by atoms with Gasteiger partial charge in [-0.25, -0.2) is 0 Å². The van der Waals surface area contributed by atoms with Gasteiger partial charge in [0.25, 0.3) is 0 Å². The van der Waals surface area contributed by atoms with E-state index in [-0.39, 0.29) is 0 Å². The number of aliphatic hydroxyl groups is 1.